The van der Waals surface area contributed by atoms with Crippen LogP contribution in [-0.2, 0) is 28.6 Å². The molecule has 0 aromatic rings. The Hall–Kier alpha value is -2.63. The molecule has 378 valence electrons. The van der Waals surface area contributed by atoms with Crippen LogP contribution in [0.15, 0.2) is 48.6 Å². The lowest BCUT2D eigenvalue weighted by atomic mass is 10.1. The minimum absolute atomic E-state index is 0.0832. The van der Waals surface area contributed by atoms with E-state index < -0.39 is 6.10 Å². The molecule has 0 N–H and O–H groups in total. The molecule has 1 unspecified atom stereocenters. The standard InChI is InChI=1S/C59H106O6/c1-4-7-10-13-16-19-22-25-27-29-31-32-34-37-40-43-46-49-52-58(61)64-55-56(54-63-57(60)51-48-45-42-39-36-24-21-18-15-12-9-6-3)65-59(62)53-50-47-44-41-38-35-33-30-28-26-23-20-17-14-11-8-5-2/h18,21,26-29,31-32,56H,4-17,19-20,22-25,30,33-55H2,1-3H3/b21-18-,28-26-,29-27-,32-31-. The number of ether oxygens (including phenoxy) is 3. The molecule has 0 aromatic heterocycles. The van der Waals surface area contributed by atoms with E-state index in [1.165, 1.54) is 167 Å². The molecule has 0 saturated carbocycles. The van der Waals surface area contributed by atoms with Crippen LogP contribution in [-0.4, -0.2) is 37.2 Å². The van der Waals surface area contributed by atoms with Crippen molar-refractivity contribution in [2.24, 2.45) is 0 Å². The fourth-order valence-corrected chi connectivity index (χ4v) is 8.01. The summed E-state index contributed by atoms with van der Waals surface area (Å²) in [5, 5.41) is 0. The van der Waals surface area contributed by atoms with Gasteiger partial charge in [0.15, 0.2) is 6.10 Å². The molecule has 65 heavy (non-hydrogen) atoms. The van der Waals surface area contributed by atoms with Crippen molar-refractivity contribution in [1.82, 2.24) is 0 Å². The van der Waals surface area contributed by atoms with E-state index in [-0.39, 0.29) is 31.1 Å². The van der Waals surface area contributed by atoms with Gasteiger partial charge in [-0.3, -0.25) is 14.4 Å². The highest BCUT2D eigenvalue weighted by molar-refractivity contribution is 5.71. The predicted octanol–water partition coefficient (Wildman–Crippen LogP) is 18.7. The number of carbonyl (C=O) groups excluding carboxylic acids is 3. The largest absolute Gasteiger partial charge is 0.462 e. The van der Waals surface area contributed by atoms with Gasteiger partial charge in [0, 0.05) is 19.3 Å². The van der Waals surface area contributed by atoms with Crippen molar-refractivity contribution in [3.05, 3.63) is 48.6 Å². The van der Waals surface area contributed by atoms with Crippen LogP contribution in [0.4, 0.5) is 0 Å². The van der Waals surface area contributed by atoms with Gasteiger partial charge in [-0.25, -0.2) is 0 Å². The van der Waals surface area contributed by atoms with Gasteiger partial charge in [-0.15, -0.1) is 0 Å². The Morgan fingerprint density at radius 3 is 0.892 bits per heavy atom. The minimum atomic E-state index is -0.784. The SMILES string of the molecule is CCCCC/C=C\CCCCCCCC(=O)OCC(COC(=O)CCCCCCC/C=C\C=C/CCCCCCCCC)OC(=O)CCCCCCCCC/C=C\CCCCCCCC. The average molecular weight is 911 g/mol. The lowest BCUT2D eigenvalue weighted by Gasteiger charge is -2.18. The summed E-state index contributed by atoms with van der Waals surface area (Å²) in [5.41, 5.74) is 0. The van der Waals surface area contributed by atoms with Gasteiger partial charge in [-0.2, -0.15) is 0 Å². The van der Waals surface area contributed by atoms with Gasteiger partial charge < -0.3 is 14.2 Å². The van der Waals surface area contributed by atoms with Gasteiger partial charge in [0.25, 0.3) is 0 Å². The van der Waals surface area contributed by atoms with Gasteiger partial charge in [-0.05, 0) is 96.3 Å². The second kappa shape index (κ2) is 54.0. The van der Waals surface area contributed by atoms with Crippen LogP contribution < -0.4 is 0 Å². The molecule has 0 saturated heterocycles. The van der Waals surface area contributed by atoms with Gasteiger partial charge >= 0.3 is 17.9 Å². The first-order valence-corrected chi connectivity index (χ1v) is 28.2. The summed E-state index contributed by atoms with van der Waals surface area (Å²) in [4.78, 5) is 38.1. The number of unbranched alkanes of at least 4 members (excludes halogenated alkanes) is 33. The van der Waals surface area contributed by atoms with Crippen LogP contribution >= 0.6 is 0 Å². The second-order valence-corrected chi connectivity index (χ2v) is 18.9. The Kier molecular flexibility index (Phi) is 51.8. The molecule has 0 amide bonds. The van der Waals surface area contributed by atoms with Crippen LogP contribution in [0, 0.1) is 0 Å². The Bertz CT molecular complexity index is 1140. The van der Waals surface area contributed by atoms with Gasteiger partial charge in [-0.1, -0.05) is 223 Å². The maximum absolute atomic E-state index is 12.8. The number of esters is 3. The number of carbonyl (C=O) groups is 3. The van der Waals surface area contributed by atoms with E-state index in [0.717, 1.165) is 83.5 Å². The molecule has 0 heterocycles. The van der Waals surface area contributed by atoms with Crippen molar-refractivity contribution < 1.29 is 28.6 Å². The zero-order chi connectivity index (χ0) is 47.2. The molecular weight excluding hydrogens is 805 g/mol. The van der Waals surface area contributed by atoms with Crippen molar-refractivity contribution in [3.8, 4) is 0 Å². The fourth-order valence-electron chi connectivity index (χ4n) is 8.01. The molecule has 0 aliphatic carbocycles. The Balaban J connectivity index is 4.38. The van der Waals surface area contributed by atoms with Crippen molar-refractivity contribution in [1.29, 1.82) is 0 Å². The third kappa shape index (κ3) is 52.2. The summed E-state index contributed by atoms with van der Waals surface area (Å²) in [6.07, 6.45) is 65.2. The average Bonchev–Trinajstić information content (AvgIpc) is 3.30. The van der Waals surface area contributed by atoms with E-state index in [1.54, 1.807) is 0 Å². The quantitative estimate of drug-likeness (QED) is 0.0199. The molecule has 6 nitrogen and oxygen atoms in total. The maximum atomic E-state index is 12.8. The van der Waals surface area contributed by atoms with E-state index in [4.69, 9.17) is 14.2 Å². The van der Waals surface area contributed by atoms with E-state index in [2.05, 4.69) is 69.4 Å². The summed E-state index contributed by atoms with van der Waals surface area (Å²) in [5.74, 6) is -0.901. The summed E-state index contributed by atoms with van der Waals surface area (Å²) in [7, 11) is 0. The molecule has 0 aliphatic rings. The lowest BCUT2D eigenvalue weighted by Crippen LogP contribution is -2.30. The first-order valence-electron chi connectivity index (χ1n) is 28.2. The first-order chi connectivity index (χ1) is 32.0. The van der Waals surface area contributed by atoms with Crippen LogP contribution in [0.25, 0.3) is 0 Å². The fraction of sp³-hybridized carbons (Fsp3) is 0.814. The zero-order valence-corrected chi connectivity index (χ0v) is 43.3. The summed E-state index contributed by atoms with van der Waals surface area (Å²) >= 11 is 0. The highest BCUT2D eigenvalue weighted by atomic mass is 16.6. The number of allylic oxidation sites excluding steroid dienone is 8. The maximum Gasteiger partial charge on any atom is 0.306 e. The normalized spacial score (nSPS) is 12.4. The Labute approximate surface area is 403 Å². The summed E-state index contributed by atoms with van der Waals surface area (Å²) < 4.78 is 16.8. The van der Waals surface area contributed by atoms with E-state index in [9.17, 15) is 14.4 Å². The number of hydrogen-bond acceptors (Lipinski definition) is 6. The van der Waals surface area contributed by atoms with Crippen LogP contribution in [0.1, 0.15) is 290 Å². The number of rotatable bonds is 51. The van der Waals surface area contributed by atoms with Gasteiger partial charge in [0.2, 0.25) is 0 Å². The van der Waals surface area contributed by atoms with Crippen LogP contribution in [0.2, 0.25) is 0 Å². The van der Waals surface area contributed by atoms with Gasteiger partial charge in [0.1, 0.15) is 13.2 Å². The first kappa shape index (κ1) is 62.4. The molecule has 0 fully saturated rings. The second-order valence-electron chi connectivity index (χ2n) is 18.9. The highest BCUT2D eigenvalue weighted by Crippen LogP contribution is 2.15. The molecule has 0 rings (SSSR count). The third-order valence-electron chi connectivity index (χ3n) is 12.3. The highest BCUT2D eigenvalue weighted by Gasteiger charge is 2.19. The van der Waals surface area contributed by atoms with Crippen molar-refractivity contribution in [2.75, 3.05) is 13.2 Å². The topological polar surface area (TPSA) is 78.9 Å². The van der Waals surface area contributed by atoms with Crippen molar-refractivity contribution >= 4 is 17.9 Å². The molecule has 1 atom stereocenters. The molecule has 0 aromatic carbocycles. The van der Waals surface area contributed by atoms with E-state index in [1.807, 2.05) is 0 Å². The lowest BCUT2D eigenvalue weighted by molar-refractivity contribution is -0.167. The third-order valence-corrected chi connectivity index (χ3v) is 12.3. The number of hydrogen-bond donors (Lipinski definition) is 0. The summed E-state index contributed by atoms with van der Waals surface area (Å²) in [6.45, 7) is 6.60. The molecule has 0 bridgehead atoms. The van der Waals surface area contributed by atoms with Crippen molar-refractivity contribution in [3.63, 3.8) is 0 Å². The monoisotopic (exact) mass is 911 g/mol. The van der Waals surface area contributed by atoms with Crippen LogP contribution in [0.5, 0.6) is 0 Å². The summed E-state index contributed by atoms with van der Waals surface area (Å²) in [6, 6.07) is 0. The molecular formula is C59H106O6. The van der Waals surface area contributed by atoms with Crippen molar-refractivity contribution in [2.45, 2.75) is 297 Å². The van der Waals surface area contributed by atoms with E-state index >= 15 is 0 Å². The zero-order valence-electron chi connectivity index (χ0n) is 43.3. The smallest absolute Gasteiger partial charge is 0.306 e. The minimum Gasteiger partial charge on any atom is -0.462 e. The predicted molar refractivity (Wildman–Crippen MR) is 279 cm³/mol. The molecule has 0 radical (unpaired) electrons. The molecule has 0 aliphatic heterocycles. The van der Waals surface area contributed by atoms with E-state index in [0.29, 0.717) is 19.3 Å². The Morgan fingerprint density at radius 1 is 0.308 bits per heavy atom. The van der Waals surface area contributed by atoms with Crippen LogP contribution in [0.3, 0.4) is 0 Å². The molecule has 6 heteroatoms. The van der Waals surface area contributed by atoms with Gasteiger partial charge in [0.05, 0.1) is 0 Å². The molecule has 0 spiro atoms. The Morgan fingerprint density at radius 2 is 0.554 bits per heavy atom.